The largest absolute Gasteiger partial charge is 0.476 e. The van der Waals surface area contributed by atoms with Crippen molar-refractivity contribution in [3.8, 4) is 0 Å². The van der Waals surface area contributed by atoms with Crippen molar-refractivity contribution in [3.63, 3.8) is 0 Å². The lowest BCUT2D eigenvalue weighted by atomic mass is 10.0. The van der Waals surface area contributed by atoms with Crippen LogP contribution >= 0.6 is 0 Å². The number of carbonyl (C=O) groups is 1. The molecule has 1 aromatic heterocycles. The first-order chi connectivity index (χ1) is 8.16. The summed E-state index contributed by atoms with van der Waals surface area (Å²) in [4.78, 5) is 10.6. The van der Waals surface area contributed by atoms with Crippen LogP contribution in [0.3, 0.4) is 0 Å². The Morgan fingerprint density at radius 1 is 1.71 bits per heavy atom. The molecule has 0 saturated carbocycles. The molecule has 0 aliphatic carbocycles. The maximum absolute atomic E-state index is 10.6. The van der Waals surface area contributed by atoms with Crippen LogP contribution in [0, 0.1) is 5.92 Å². The summed E-state index contributed by atoms with van der Waals surface area (Å²) in [5.41, 5.74) is -0.0561. The smallest absolute Gasteiger partial charge is 0.358 e. The topological polar surface area (TPSA) is 84.6 Å². The van der Waals surface area contributed by atoms with Crippen LogP contribution in [0.5, 0.6) is 0 Å². The molecule has 94 valence electrons. The van der Waals surface area contributed by atoms with E-state index in [0.717, 1.165) is 19.6 Å². The van der Waals surface area contributed by atoms with Crippen LogP contribution in [-0.4, -0.2) is 35.5 Å². The van der Waals surface area contributed by atoms with Gasteiger partial charge in [-0.3, -0.25) is 0 Å². The van der Waals surface area contributed by atoms with Crippen molar-refractivity contribution >= 4 is 5.97 Å². The summed E-state index contributed by atoms with van der Waals surface area (Å²) >= 11 is 0. The highest BCUT2D eigenvalue weighted by Gasteiger charge is 2.23. The van der Waals surface area contributed by atoms with Crippen molar-refractivity contribution in [1.82, 2.24) is 10.5 Å². The van der Waals surface area contributed by atoms with Crippen LogP contribution in [0.25, 0.3) is 0 Å². The number of hydrogen-bond acceptors (Lipinski definition) is 5. The number of aromatic carboxylic acids is 1. The van der Waals surface area contributed by atoms with Crippen LogP contribution in [0.4, 0.5) is 0 Å². The van der Waals surface area contributed by atoms with Gasteiger partial charge in [0, 0.05) is 19.2 Å². The minimum absolute atomic E-state index is 0.0561. The zero-order valence-corrected chi connectivity index (χ0v) is 9.68. The molecule has 1 saturated heterocycles. The highest BCUT2D eigenvalue weighted by Crippen LogP contribution is 2.19. The van der Waals surface area contributed by atoms with E-state index in [1.54, 1.807) is 0 Å². The number of carboxylic acids is 1. The Bertz CT molecular complexity index is 391. The Labute approximate surface area is 98.9 Å². The molecule has 2 heterocycles. The number of aromatic nitrogens is 1. The number of hydrogen-bond donors (Lipinski definition) is 2. The minimum Gasteiger partial charge on any atom is -0.476 e. The van der Waals surface area contributed by atoms with Gasteiger partial charge in [-0.2, -0.15) is 0 Å². The number of carboxylic acid groups (broad SMARTS) is 1. The van der Waals surface area contributed by atoms with Crippen molar-refractivity contribution in [1.29, 1.82) is 0 Å². The van der Waals surface area contributed by atoms with Gasteiger partial charge in [-0.05, 0) is 19.3 Å². The SMILES string of the molecule is CC1OCCC1CNCc1cc(C(=O)O)no1. The van der Waals surface area contributed by atoms with E-state index in [2.05, 4.69) is 17.4 Å². The molecule has 1 fully saturated rings. The summed E-state index contributed by atoms with van der Waals surface area (Å²) in [5, 5.41) is 15.3. The van der Waals surface area contributed by atoms with E-state index >= 15 is 0 Å². The Balaban J connectivity index is 1.76. The van der Waals surface area contributed by atoms with Crippen LogP contribution < -0.4 is 5.32 Å². The highest BCUT2D eigenvalue weighted by atomic mass is 16.5. The predicted molar refractivity (Wildman–Crippen MR) is 58.7 cm³/mol. The molecule has 2 N–H and O–H groups in total. The normalized spacial score (nSPS) is 24.1. The third-order valence-corrected chi connectivity index (χ3v) is 3.02. The van der Waals surface area contributed by atoms with E-state index in [9.17, 15) is 4.79 Å². The molecule has 0 aromatic carbocycles. The molecule has 1 aromatic rings. The minimum atomic E-state index is -1.07. The molecule has 2 rings (SSSR count). The van der Waals surface area contributed by atoms with Gasteiger partial charge in [-0.15, -0.1) is 0 Å². The Morgan fingerprint density at radius 3 is 3.12 bits per heavy atom. The number of nitrogens with zero attached hydrogens (tertiary/aromatic N) is 1. The second kappa shape index (κ2) is 5.29. The van der Waals surface area contributed by atoms with Gasteiger partial charge in [0.2, 0.25) is 0 Å². The summed E-state index contributed by atoms with van der Waals surface area (Å²) in [6.45, 7) is 4.21. The quantitative estimate of drug-likeness (QED) is 0.795. The lowest BCUT2D eigenvalue weighted by molar-refractivity contribution is 0.0685. The summed E-state index contributed by atoms with van der Waals surface area (Å²) in [6.07, 6.45) is 1.34. The molecule has 17 heavy (non-hydrogen) atoms. The van der Waals surface area contributed by atoms with E-state index in [1.165, 1.54) is 6.07 Å². The average Bonchev–Trinajstić information content (AvgIpc) is 2.89. The summed E-state index contributed by atoms with van der Waals surface area (Å²) < 4.78 is 10.3. The van der Waals surface area contributed by atoms with Gasteiger partial charge < -0.3 is 19.7 Å². The average molecular weight is 240 g/mol. The Kier molecular flexibility index (Phi) is 3.75. The molecule has 6 nitrogen and oxygen atoms in total. The van der Waals surface area contributed by atoms with Crippen LogP contribution in [0.15, 0.2) is 10.6 Å². The fourth-order valence-corrected chi connectivity index (χ4v) is 1.92. The van der Waals surface area contributed by atoms with Gasteiger partial charge in [0.1, 0.15) is 0 Å². The maximum Gasteiger partial charge on any atom is 0.358 e. The number of nitrogens with one attached hydrogen (secondary N) is 1. The second-order valence-corrected chi connectivity index (χ2v) is 4.24. The molecular weight excluding hydrogens is 224 g/mol. The van der Waals surface area contributed by atoms with E-state index in [-0.39, 0.29) is 11.8 Å². The zero-order valence-electron chi connectivity index (χ0n) is 9.68. The van der Waals surface area contributed by atoms with Crippen LogP contribution in [-0.2, 0) is 11.3 Å². The van der Waals surface area contributed by atoms with Crippen molar-refractivity contribution in [2.45, 2.75) is 26.0 Å². The first-order valence-electron chi connectivity index (χ1n) is 5.68. The Morgan fingerprint density at radius 2 is 2.53 bits per heavy atom. The molecule has 1 aliphatic rings. The molecule has 2 atom stereocenters. The molecule has 0 amide bonds. The van der Waals surface area contributed by atoms with E-state index in [0.29, 0.717) is 18.2 Å². The summed E-state index contributed by atoms with van der Waals surface area (Å²) in [7, 11) is 0. The first kappa shape index (κ1) is 12.1. The molecule has 1 aliphatic heterocycles. The van der Waals surface area contributed by atoms with Gasteiger partial charge >= 0.3 is 5.97 Å². The molecule has 6 heteroatoms. The highest BCUT2D eigenvalue weighted by molar-refractivity contribution is 5.85. The van der Waals surface area contributed by atoms with Crippen molar-refractivity contribution in [3.05, 3.63) is 17.5 Å². The third-order valence-electron chi connectivity index (χ3n) is 3.02. The van der Waals surface area contributed by atoms with Crippen LogP contribution in [0.2, 0.25) is 0 Å². The Hall–Kier alpha value is -1.40. The maximum atomic E-state index is 10.6. The fourth-order valence-electron chi connectivity index (χ4n) is 1.92. The zero-order chi connectivity index (χ0) is 12.3. The number of ether oxygens (including phenoxy) is 1. The molecule has 2 unspecified atom stereocenters. The molecular formula is C11H16N2O4. The van der Waals surface area contributed by atoms with Gasteiger partial charge in [-0.1, -0.05) is 5.16 Å². The molecule has 0 bridgehead atoms. The van der Waals surface area contributed by atoms with Crippen LogP contribution in [0.1, 0.15) is 29.6 Å². The van der Waals surface area contributed by atoms with Crippen molar-refractivity contribution in [2.75, 3.05) is 13.2 Å². The standard InChI is InChI=1S/C11H16N2O4/c1-7-8(2-3-16-7)5-12-6-9-4-10(11(14)15)13-17-9/h4,7-8,12H,2-3,5-6H2,1H3,(H,14,15). The molecule has 0 spiro atoms. The van der Waals surface area contributed by atoms with Gasteiger partial charge in [0.25, 0.3) is 0 Å². The summed E-state index contributed by atoms with van der Waals surface area (Å²) in [5.74, 6) is -0.0244. The van der Waals surface area contributed by atoms with E-state index in [4.69, 9.17) is 14.4 Å². The van der Waals surface area contributed by atoms with Crippen molar-refractivity contribution < 1.29 is 19.2 Å². The molecule has 0 radical (unpaired) electrons. The fraction of sp³-hybridized carbons (Fsp3) is 0.636. The van der Waals surface area contributed by atoms with Crippen molar-refractivity contribution in [2.24, 2.45) is 5.92 Å². The number of rotatable bonds is 5. The summed E-state index contributed by atoms with van der Waals surface area (Å²) in [6, 6.07) is 1.43. The van der Waals surface area contributed by atoms with E-state index < -0.39 is 5.97 Å². The first-order valence-corrected chi connectivity index (χ1v) is 5.68. The van der Waals surface area contributed by atoms with Gasteiger partial charge in [0.05, 0.1) is 12.6 Å². The monoisotopic (exact) mass is 240 g/mol. The van der Waals surface area contributed by atoms with E-state index in [1.807, 2.05) is 0 Å². The van der Waals surface area contributed by atoms with Gasteiger partial charge in [-0.25, -0.2) is 4.79 Å². The lowest BCUT2D eigenvalue weighted by Crippen LogP contribution is -2.26. The van der Waals surface area contributed by atoms with Gasteiger partial charge in [0.15, 0.2) is 11.5 Å². The second-order valence-electron chi connectivity index (χ2n) is 4.24. The lowest BCUT2D eigenvalue weighted by Gasteiger charge is -2.13. The third kappa shape index (κ3) is 3.04. The predicted octanol–water partition coefficient (Wildman–Crippen LogP) is 0.887.